The van der Waals surface area contributed by atoms with Crippen LogP contribution in [0.4, 0.5) is 0 Å². The van der Waals surface area contributed by atoms with Gasteiger partial charge in [0.2, 0.25) is 0 Å². The lowest BCUT2D eigenvalue weighted by atomic mass is 10.1. The van der Waals surface area contributed by atoms with Crippen LogP contribution in [0.2, 0.25) is 0 Å². The Balaban J connectivity index is 3.38. The van der Waals surface area contributed by atoms with Crippen molar-refractivity contribution < 1.29 is 14.0 Å². The minimum Gasteiger partial charge on any atom is -0.324 e. The molecule has 4 heteroatoms. The maximum absolute atomic E-state index is 11.8. The molecule has 3 nitrogen and oxygen atoms in total. The molecule has 0 bridgehead atoms. The predicted octanol–water partition coefficient (Wildman–Crippen LogP) is 5.91. The molecule has 0 aliphatic carbocycles. The second kappa shape index (κ2) is 14.1. The molecule has 20 heavy (non-hydrogen) atoms. The van der Waals surface area contributed by atoms with Gasteiger partial charge < -0.3 is 9.42 Å². The molecule has 122 valence electrons. The van der Waals surface area contributed by atoms with Crippen LogP contribution in [0, 0.1) is 0 Å². The van der Waals surface area contributed by atoms with E-state index in [1.807, 2.05) is 0 Å². The van der Waals surface area contributed by atoms with Crippen molar-refractivity contribution in [2.45, 2.75) is 90.9 Å². The van der Waals surface area contributed by atoms with E-state index in [0.717, 1.165) is 25.7 Å². The molecule has 0 saturated heterocycles. The van der Waals surface area contributed by atoms with Crippen molar-refractivity contribution in [3.8, 4) is 0 Å². The first-order valence-electron chi connectivity index (χ1n) is 8.58. The van der Waals surface area contributed by atoms with Crippen molar-refractivity contribution in [3.63, 3.8) is 0 Å². The molecule has 0 aliphatic rings. The lowest BCUT2D eigenvalue weighted by Gasteiger charge is -2.12. The summed E-state index contributed by atoms with van der Waals surface area (Å²) in [5.41, 5.74) is 0. The van der Waals surface area contributed by atoms with Crippen molar-refractivity contribution in [2.24, 2.45) is 0 Å². The van der Waals surface area contributed by atoms with E-state index in [-0.39, 0.29) is 0 Å². The fraction of sp³-hybridized carbons (Fsp3) is 1.00. The highest BCUT2D eigenvalue weighted by molar-refractivity contribution is 7.52. The third-order valence-corrected chi connectivity index (χ3v) is 5.05. The summed E-state index contributed by atoms with van der Waals surface area (Å²) in [4.78, 5) is 9.69. The Kier molecular flexibility index (Phi) is 14.2. The lowest BCUT2D eigenvalue weighted by Crippen LogP contribution is -1.97. The van der Waals surface area contributed by atoms with Gasteiger partial charge in [0.05, 0.1) is 6.61 Å². The van der Waals surface area contributed by atoms with E-state index in [2.05, 4.69) is 13.8 Å². The first-order valence-corrected chi connectivity index (χ1v) is 10.3. The van der Waals surface area contributed by atoms with Crippen LogP contribution in [0.5, 0.6) is 0 Å². The lowest BCUT2D eigenvalue weighted by molar-refractivity contribution is 0.252. The van der Waals surface area contributed by atoms with Crippen molar-refractivity contribution >= 4 is 7.60 Å². The van der Waals surface area contributed by atoms with E-state index in [1.165, 1.54) is 51.4 Å². The van der Waals surface area contributed by atoms with E-state index >= 15 is 0 Å². The number of rotatable bonds is 15. The summed E-state index contributed by atoms with van der Waals surface area (Å²) >= 11 is 0. The number of unbranched alkanes of at least 4 members (excludes halogenated alkanes) is 10. The normalized spacial score (nSPS) is 14.3. The number of hydrogen-bond acceptors (Lipinski definition) is 2. The van der Waals surface area contributed by atoms with Gasteiger partial charge in [-0.1, -0.05) is 78.1 Å². The summed E-state index contributed by atoms with van der Waals surface area (Å²) in [6.07, 6.45) is 14.1. The minimum atomic E-state index is -3.31. The van der Waals surface area contributed by atoms with Crippen LogP contribution in [0.15, 0.2) is 0 Å². The Morgan fingerprint density at radius 2 is 1.20 bits per heavy atom. The molecule has 0 aliphatic heterocycles. The first-order chi connectivity index (χ1) is 9.62. The maximum atomic E-state index is 11.8. The summed E-state index contributed by atoms with van der Waals surface area (Å²) in [5, 5.41) is 0. The SMILES string of the molecule is CCCCCCCCOP(=O)(O)CCCCCCCC. The molecule has 1 atom stereocenters. The summed E-state index contributed by atoms with van der Waals surface area (Å²) < 4.78 is 16.9. The monoisotopic (exact) mass is 306 g/mol. The van der Waals surface area contributed by atoms with Gasteiger partial charge in [0, 0.05) is 6.16 Å². The standard InChI is InChI=1S/C16H35O3P/c1-3-5-7-9-11-13-15-19-20(17,18)16-14-12-10-8-6-4-2/h3-16H2,1-2H3,(H,17,18). The quantitative estimate of drug-likeness (QED) is 0.302. The van der Waals surface area contributed by atoms with E-state index < -0.39 is 7.60 Å². The maximum Gasteiger partial charge on any atom is 0.328 e. The zero-order valence-corrected chi connectivity index (χ0v) is 14.5. The molecule has 0 amide bonds. The van der Waals surface area contributed by atoms with Crippen molar-refractivity contribution in [3.05, 3.63) is 0 Å². The van der Waals surface area contributed by atoms with Gasteiger partial charge in [-0.25, -0.2) is 0 Å². The molecule has 0 fully saturated rings. The van der Waals surface area contributed by atoms with E-state index in [0.29, 0.717) is 12.8 Å². The van der Waals surface area contributed by atoms with Gasteiger partial charge in [0.25, 0.3) is 0 Å². The van der Waals surface area contributed by atoms with Crippen LogP contribution in [-0.2, 0) is 9.09 Å². The molecule has 0 aromatic heterocycles. The Hall–Kier alpha value is 0.150. The summed E-state index contributed by atoms with van der Waals surface area (Å²) in [5.74, 6) is 0. The topological polar surface area (TPSA) is 46.5 Å². The average Bonchev–Trinajstić information content (AvgIpc) is 2.41. The molecule has 0 rings (SSSR count). The van der Waals surface area contributed by atoms with Crippen LogP contribution in [0.25, 0.3) is 0 Å². The highest BCUT2D eigenvalue weighted by Gasteiger charge is 2.17. The first kappa shape index (κ1) is 20.1. The Bertz CT molecular complexity index is 244. The van der Waals surface area contributed by atoms with Gasteiger partial charge in [-0.3, -0.25) is 4.57 Å². The number of hydrogen-bond donors (Lipinski definition) is 1. The zero-order chi connectivity index (χ0) is 15.1. The second-order valence-electron chi connectivity index (χ2n) is 5.73. The van der Waals surface area contributed by atoms with Gasteiger partial charge >= 0.3 is 7.60 Å². The highest BCUT2D eigenvalue weighted by atomic mass is 31.2. The van der Waals surface area contributed by atoms with Crippen LogP contribution in [0.3, 0.4) is 0 Å². The molecule has 0 aromatic rings. The van der Waals surface area contributed by atoms with E-state index in [4.69, 9.17) is 4.52 Å². The van der Waals surface area contributed by atoms with Crippen molar-refractivity contribution in [2.75, 3.05) is 12.8 Å². The molecule has 0 saturated carbocycles. The molecule has 1 unspecified atom stereocenters. The highest BCUT2D eigenvalue weighted by Crippen LogP contribution is 2.43. The van der Waals surface area contributed by atoms with Crippen LogP contribution in [-0.4, -0.2) is 17.7 Å². The molecule has 0 spiro atoms. The minimum absolute atomic E-state index is 0.328. The van der Waals surface area contributed by atoms with Crippen molar-refractivity contribution in [1.82, 2.24) is 0 Å². The predicted molar refractivity (Wildman–Crippen MR) is 87.4 cm³/mol. The average molecular weight is 306 g/mol. The third kappa shape index (κ3) is 14.6. The van der Waals surface area contributed by atoms with Crippen LogP contribution >= 0.6 is 7.60 Å². The Morgan fingerprint density at radius 1 is 0.750 bits per heavy atom. The van der Waals surface area contributed by atoms with Crippen LogP contribution < -0.4 is 0 Å². The molecule has 1 N–H and O–H groups in total. The largest absolute Gasteiger partial charge is 0.328 e. The van der Waals surface area contributed by atoms with Gasteiger partial charge in [0.15, 0.2) is 0 Å². The molecule has 0 aromatic carbocycles. The summed E-state index contributed by atoms with van der Waals surface area (Å²) in [6.45, 7) is 4.83. The summed E-state index contributed by atoms with van der Waals surface area (Å²) in [7, 11) is -3.31. The Morgan fingerprint density at radius 3 is 1.75 bits per heavy atom. The smallest absolute Gasteiger partial charge is 0.324 e. The van der Waals surface area contributed by atoms with Gasteiger partial charge in [-0.15, -0.1) is 0 Å². The van der Waals surface area contributed by atoms with Gasteiger partial charge in [0.1, 0.15) is 0 Å². The van der Waals surface area contributed by atoms with Crippen LogP contribution in [0.1, 0.15) is 90.9 Å². The second-order valence-corrected chi connectivity index (χ2v) is 7.71. The van der Waals surface area contributed by atoms with Gasteiger partial charge in [-0.2, -0.15) is 0 Å². The third-order valence-electron chi connectivity index (χ3n) is 3.59. The molecule has 0 radical (unpaired) electrons. The fourth-order valence-corrected chi connectivity index (χ4v) is 3.41. The van der Waals surface area contributed by atoms with E-state index in [1.54, 1.807) is 0 Å². The fourth-order valence-electron chi connectivity index (χ4n) is 2.25. The van der Waals surface area contributed by atoms with E-state index in [9.17, 15) is 9.46 Å². The molecule has 0 heterocycles. The van der Waals surface area contributed by atoms with Gasteiger partial charge in [-0.05, 0) is 12.8 Å². The molecular weight excluding hydrogens is 271 g/mol. The van der Waals surface area contributed by atoms with Crippen molar-refractivity contribution in [1.29, 1.82) is 0 Å². The Labute approximate surface area is 126 Å². The summed E-state index contributed by atoms with van der Waals surface area (Å²) in [6, 6.07) is 0. The zero-order valence-electron chi connectivity index (χ0n) is 13.6. The molecular formula is C16H35O3P.